The summed E-state index contributed by atoms with van der Waals surface area (Å²) in [6.45, 7) is 1.23. The molecule has 5 atom stereocenters. The second-order valence-electron chi connectivity index (χ2n) is 9.17. The third kappa shape index (κ3) is 3.19. The van der Waals surface area contributed by atoms with Crippen molar-refractivity contribution < 1.29 is 50.3 Å². The second-order valence-corrected chi connectivity index (χ2v) is 13.8. The summed E-state index contributed by atoms with van der Waals surface area (Å²) in [7, 11) is -5.95. The Morgan fingerprint density at radius 3 is 2.38 bits per heavy atom. The largest absolute Gasteiger partial charge is 0.465 e. The topological polar surface area (TPSA) is 133 Å². The number of carbonyl (C=O) groups excluding carboxylic acids is 3. The Balaban J connectivity index is 1.39. The minimum atomic E-state index is -5.95. The van der Waals surface area contributed by atoms with Crippen molar-refractivity contribution in [3.05, 3.63) is 0 Å². The zero-order valence-corrected chi connectivity index (χ0v) is 19.1. The van der Waals surface area contributed by atoms with E-state index in [4.69, 9.17) is 18.8 Å². The highest BCUT2D eigenvalue weighted by Crippen LogP contribution is 2.74. The van der Waals surface area contributed by atoms with Crippen LogP contribution in [0.25, 0.3) is 0 Å². The van der Waals surface area contributed by atoms with Crippen LogP contribution in [0.3, 0.4) is 0 Å². The van der Waals surface area contributed by atoms with Crippen molar-refractivity contribution in [1.82, 2.24) is 0 Å². The van der Waals surface area contributed by atoms with Crippen molar-refractivity contribution in [3.63, 3.8) is 0 Å². The number of carbonyl (C=O) groups is 3. The molecule has 6 rings (SSSR count). The summed E-state index contributed by atoms with van der Waals surface area (Å²) in [5, 5.41) is -5.95. The molecule has 6 aliphatic rings. The molecule has 14 heteroatoms. The number of fused-ring (bicyclic) bond motifs is 1. The van der Waals surface area contributed by atoms with E-state index in [-0.39, 0.29) is 30.6 Å². The van der Waals surface area contributed by atoms with Gasteiger partial charge in [-0.3, -0.25) is 14.1 Å². The average molecular weight is 515 g/mol. The van der Waals surface area contributed by atoms with E-state index in [0.29, 0.717) is 6.42 Å². The molecule has 0 aromatic heterocycles. The smallest absolute Gasteiger partial charge is 0.454 e. The summed E-state index contributed by atoms with van der Waals surface area (Å²) in [6, 6.07) is 0. The molecular weight excluding hydrogens is 494 g/mol. The second kappa shape index (κ2) is 6.95. The highest BCUT2D eigenvalue weighted by Gasteiger charge is 2.71. The zero-order chi connectivity index (χ0) is 23.3. The molecular formula is C18H20F2O9S3. The average Bonchev–Trinajstić information content (AvgIpc) is 3.16. The number of ether oxygens (including phenoxy) is 3. The van der Waals surface area contributed by atoms with Gasteiger partial charge < -0.3 is 14.2 Å². The van der Waals surface area contributed by atoms with Crippen molar-refractivity contribution in [1.29, 1.82) is 0 Å². The predicted octanol–water partition coefficient (Wildman–Crippen LogP) is 1.95. The lowest BCUT2D eigenvalue weighted by molar-refractivity contribution is -0.201. The molecule has 0 amide bonds. The number of hydrogen-bond acceptors (Lipinski definition) is 10. The Morgan fingerprint density at radius 2 is 1.81 bits per heavy atom. The number of cyclic esters (lactones) is 1. The van der Waals surface area contributed by atoms with Crippen LogP contribution in [0.15, 0.2) is 0 Å². The lowest BCUT2D eigenvalue weighted by Gasteiger charge is -2.63. The van der Waals surface area contributed by atoms with Gasteiger partial charge in [0.15, 0.2) is 0 Å². The summed E-state index contributed by atoms with van der Waals surface area (Å²) < 4.78 is 73.4. The minimum absolute atomic E-state index is 0.0766. The van der Waals surface area contributed by atoms with Crippen LogP contribution in [0.4, 0.5) is 8.78 Å². The molecule has 1 spiro atoms. The third-order valence-corrected chi connectivity index (χ3v) is 12.2. The van der Waals surface area contributed by atoms with Gasteiger partial charge in [0.1, 0.15) is 16.1 Å². The van der Waals surface area contributed by atoms with Crippen molar-refractivity contribution in [2.24, 2.45) is 17.8 Å². The van der Waals surface area contributed by atoms with E-state index in [0.717, 1.165) is 12.8 Å². The molecule has 0 aromatic carbocycles. The zero-order valence-electron chi connectivity index (χ0n) is 16.7. The molecule has 0 aromatic rings. The number of halogens is 2. The predicted molar refractivity (Wildman–Crippen MR) is 106 cm³/mol. The van der Waals surface area contributed by atoms with Gasteiger partial charge in [0, 0.05) is 6.92 Å². The van der Waals surface area contributed by atoms with E-state index in [1.807, 2.05) is 0 Å². The van der Waals surface area contributed by atoms with E-state index in [9.17, 15) is 31.6 Å². The first-order valence-corrected chi connectivity index (χ1v) is 13.3. The maximum absolute atomic E-state index is 13.8. The standard InChI is InChI=1S/C18H20F2O9S3/c1-7(21)27-14-12-11(13(22)28-14)30-17(31-12)9-2-8-3-10(17)6-16(4-8,5-9)29-15(23)18(19,20)32(24,25)26/h8-12,14H,2-6H2,1H3,(H,24,25,26). The van der Waals surface area contributed by atoms with Crippen LogP contribution in [0.2, 0.25) is 0 Å². The first kappa shape index (κ1) is 22.7. The fraction of sp³-hybridized carbons (Fsp3) is 0.833. The number of hydrogen-bond donors (Lipinski definition) is 1. The van der Waals surface area contributed by atoms with E-state index in [1.165, 1.54) is 30.4 Å². The molecule has 5 unspecified atom stereocenters. The van der Waals surface area contributed by atoms with Gasteiger partial charge in [-0.2, -0.15) is 17.2 Å². The van der Waals surface area contributed by atoms with E-state index in [2.05, 4.69) is 0 Å². The highest BCUT2D eigenvalue weighted by atomic mass is 32.2. The molecule has 32 heavy (non-hydrogen) atoms. The molecule has 2 heterocycles. The lowest BCUT2D eigenvalue weighted by atomic mass is 9.53. The van der Waals surface area contributed by atoms with Gasteiger partial charge in [-0.25, -0.2) is 4.79 Å². The third-order valence-electron chi connectivity index (χ3n) is 7.09. The van der Waals surface area contributed by atoms with Gasteiger partial charge >= 0.3 is 33.3 Å². The Bertz CT molecular complexity index is 982. The maximum atomic E-state index is 13.8. The Morgan fingerprint density at radius 1 is 1.19 bits per heavy atom. The minimum Gasteiger partial charge on any atom is -0.454 e. The Labute approximate surface area is 190 Å². The number of alkyl halides is 2. The van der Waals surface area contributed by atoms with Crippen LogP contribution in [-0.4, -0.2) is 62.6 Å². The van der Waals surface area contributed by atoms with E-state index >= 15 is 0 Å². The fourth-order valence-corrected chi connectivity index (χ4v) is 10.8. The van der Waals surface area contributed by atoms with Crippen LogP contribution in [0.1, 0.15) is 39.0 Å². The molecule has 2 aliphatic heterocycles. The quantitative estimate of drug-likeness (QED) is 0.436. The van der Waals surface area contributed by atoms with Gasteiger partial charge in [-0.15, -0.1) is 23.5 Å². The molecule has 6 fully saturated rings. The summed E-state index contributed by atoms with van der Waals surface area (Å²) in [6.07, 6.45) is 1.39. The molecule has 4 aliphatic carbocycles. The normalized spacial score (nSPS) is 44.4. The highest BCUT2D eigenvalue weighted by molar-refractivity contribution is 8.22. The van der Waals surface area contributed by atoms with Crippen LogP contribution >= 0.6 is 23.5 Å². The van der Waals surface area contributed by atoms with E-state index in [1.54, 1.807) is 0 Å². The SMILES string of the molecule is CC(=O)OC1OC(=O)C2SC3(SC12)C1CC2CC3CC(OC(=O)C(F)(F)S(=O)(=O)O)(C2)C1. The van der Waals surface area contributed by atoms with Crippen molar-refractivity contribution >= 4 is 51.5 Å². The maximum Gasteiger partial charge on any atom is 0.465 e. The van der Waals surface area contributed by atoms with Gasteiger partial charge in [0.25, 0.3) is 6.29 Å². The number of rotatable bonds is 4. The van der Waals surface area contributed by atoms with Crippen molar-refractivity contribution in [2.45, 2.75) is 70.8 Å². The van der Waals surface area contributed by atoms with Crippen LogP contribution in [-0.2, 0) is 38.7 Å². The van der Waals surface area contributed by atoms with Gasteiger partial charge in [-0.05, 0) is 49.9 Å². The molecule has 1 N–H and O–H groups in total. The number of thioether (sulfide) groups is 2. The van der Waals surface area contributed by atoms with Crippen LogP contribution in [0, 0.1) is 17.8 Å². The molecule has 4 saturated carbocycles. The summed E-state index contributed by atoms with van der Waals surface area (Å²) in [5.74, 6) is -3.33. The molecule has 178 valence electrons. The molecule has 2 saturated heterocycles. The molecule has 4 bridgehead atoms. The Kier molecular flexibility index (Phi) is 4.92. The summed E-state index contributed by atoms with van der Waals surface area (Å²) >= 11 is 2.97. The summed E-state index contributed by atoms with van der Waals surface area (Å²) in [5.41, 5.74) is -1.23. The van der Waals surface area contributed by atoms with Gasteiger partial charge in [-0.1, -0.05) is 0 Å². The number of esters is 3. The van der Waals surface area contributed by atoms with Gasteiger partial charge in [0.05, 0.1) is 4.08 Å². The van der Waals surface area contributed by atoms with Crippen LogP contribution in [0.5, 0.6) is 0 Å². The fourth-order valence-electron chi connectivity index (χ4n) is 6.18. The summed E-state index contributed by atoms with van der Waals surface area (Å²) in [4.78, 5) is 35.8. The molecule has 0 radical (unpaired) electrons. The lowest BCUT2D eigenvalue weighted by Crippen LogP contribution is -2.62. The monoisotopic (exact) mass is 514 g/mol. The van der Waals surface area contributed by atoms with Crippen LogP contribution < -0.4 is 0 Å². The molecule has 9 nitrogen and oxygen atoms in total. The van der Waals surface area contributed by atoms with Crippen molar-refractivity contribution in [3.8, 4) is 0 Å². The van der Waals surface area contributed by atoms with E-state index < -0.39 is 59.8 Å². The first-order chi connectivity index (χ1) is 14.8. The first-order valence-electron chi connectivity index (χ1n) is 10.1. The Hall–Kier alpha value is -1.12. The van der Waals surface area contributed by atoms with Gasteiger partial charge in [0.2, 0.25) is 0 Å². The van der Waals surface area contributed by atoms with Crippen molar-refractivity contribution in [2.75, 3.05) is 0 Å².